The summed E-state index contributed by atoms with van der Waals surface area (Å²) in [5.74, 6) is -7.93. The van der Waals surface area contributed by atoms with E-state index in [-0.39, 0.29) is 80.1 Å². The quantitative estimate of drug-likeness (QED) is 0.0176. The number of hydrogen-bond donors (Lipinski definition) is 12. The van der Waals surface area contributed by atoms with Crippen LogP contribution >= 0.6 is 23.5 Å². The van der Waals surface area contributed by atoms with E-state index >= 15 is 19.2 Å². The summed E-state index contributed by atoms with van der Waals surface area (Å²) in [6.45, 7) is 32.8. The number of nitrogens with one attached hydrogen (secondary N) is 10. The van der Waals surface area contributed by atoms with Gasteiger partial charge in [-0.3, -0.25) is 43.2 Å². The Balaban J connectivity index is 1.92. The molecule has 0 aliphatic heterocycles. The number of para-hydroxylation sites is 1. The number of carbonyl (C=O) groups excluding carboxylic acids is 10. The minimum atomic E-state index is -1.65. The normalized spacial score (nSPS) is 14.9. The van der Waals surface area contributed by atoms with Crippen molar-refractivity contribution in [3.8, 4) is 5.75 Å². The maximum atomic E-state index is 15.8. The molecule has 10 amide bonds. The number of ether oxygens (including phenoxy) is 4. The summed E-state index contributed by atoms with van der Waals surface area (Å²) in [7, 11) is 0. The van der Waals surface area contributed by atoms with Gasteiger partial charge in [-0.05, 0) is 178 Å². The lowest BCUT2D eigenvalue weighted by Crippen LogP contribution is -2.63. The molecular formula is C76H116N12O16S2. The number of amides is 10. The van der Waals surface area contributed by atoms with Crippen molar-refractivity contribution in [2.45, 2.75) is 259 Å². The van der Waals surface area contributed by atoms with Gasteiger partial charge in [0, 0.05) is 67.4 Å². The summed E-state index contributed by atoms with van der Waals surface area (Å²) in [6.07, 6.45) is -1.09. The fourth-order valence-electron chi connectivity index (χ4n) is 11.0. The van der Waals surface area contributed by atoms with Gasteiger partial charge in [-0.15, -0.1) is 23.5 Å². The van der Waals surface area contributed by atoms with Crippen LogP contribution < -0.4 is 63.6 Å². The Morgan fingerprint density at radius 2 is 0.934 bits per heavy atom. The molecule has 10 atom stereocenters. The third-order valence-corrected chi connectivity index (χ3v) is 17.5. The van der Waals surface area contributed by atoms with Crippen molar-refractivity contribution < 1.29 is 76.8 Å². The van der Waals surface area contributed by atoms with Crippen LogP contribution in [0.5, 0.6) is 5.75 Å². The predicted molar refractivity (Wildman–Crippen MR) is 411 cm³/mol. The number of carboxylic acids is 1. The highest BCUT2D eigenvalue weighted by atomic mass is 32.2. The predicted octanol–water partition coefficient (Wildman–Crippen LogP) is 6.16. The molecule has 1 aromatic heterocycles. The highest BCUT2D eigenvalue weighted by molar-refractivity contribution is 7.99. The van der Waals surface area contributed by atoms with Crippen LogP contribution in [0.25, 0.3) is 10.9 Å². The third-order valence-electron chi connectivity index (χ3n) is 15.7. The SMILES string of the molecule is CC(=O)NCSC[C@H](NC(=O)[C@H](N)Cc1ccccc1)C(=O)N[C@@H](Cc1ccc(OC(C)(C)C)cc1)C(=O)N[C@H](Cc1cn(C(C)(C)C)c2ccccc12)C(=O)N[C@@H](CCCCNC(=O)OC(C)(C)C)C(=O)N[C@H](C(=O)N[C@@H](CSCNC(C)=O)C(=O)N[C@H](C(=O)O)[C@@H](C)OC(C)(C)C)[C@@H](C)OC(C)(C)C. The summed E-state index contributed by atoms with van der Waals surface area (Å²) in [5, 5.41) is 38.5. The van der Waals surface area contributed by atoms with Gasteiger partial charge in [-0.25, -0.2) is 9.59 Å². The first-order valence-corrected chi connectivity index (χ1v) is 38.0. The van der Waals surface area contributed by atoms with E-state index in [9.17, 15) is 38.7 Å². The first kappa shape index (κ1) is 89.9. The van der Waals surface area contributed by atoms with E-state index < -0.39 is 142 Å². The van der Waals surface area contributed by atoms with Gasteiger partial charge in [0.1, 0.15) is 53.2 Å². The number of rotatable bonds is 39. The van der Waals surface area contributed by atoms with Gasteiger partial charge in [0.05, 0.1) is 41.2 Å². The van der Waals surface area contributed by atoms with E-state index in [1.807, 2.05) is 94.8 Å². The van der Waals surface area contributed by atoms with Gasteiger partial charge in [0.25, 0.3) is 0 Å². The van der Waals surface area contributed by atoms with E-state index in [1.54, 1.807) is 98.7 Å². The molecule has 1 heterocycles. The van der Waals surface area contributed by atoms with Gasteiger partial charge in [-0.1, -0.05) is 60.7 Å². The Labute approximate surface area is 632 Å². The molecular weight excluding hydrogens is 1400 g/mol. The second kappa shape index (κ2) is 41.0. The van der Waals surface area contributed by atoms with Crippen LogP contribution in [0.2, 0.25) is 0 Å². The number of carbonyl (C=O) groups is 11. The lowest BCUT2D eigenvalue weighted by Gasteiger charge is -2.33. The smallest absolute Gasteiger partial charge is 0.407 e. The molecule has 4 rings (SSSR count). The minimum absolute atomic E-state index is 0.0108. The van der Waals surface area contributed by atoms with Crippen molar-refractivity contribution in [2.24, 2.45) is 5.73 Å². The summed E-state index contributed by atoms with van der Waals surface area (Å²) < 4.78 is 25.8. The number of aromatic nitrogens is 1. The number of fused-ring (bicyclic) bond motifs is 1. The average molecular weight is 1520 g/mol. The summed E-state index contributed by atoms with van der Waals surface area (Å²) in [6, 6.07) is 11.6. The van der Waals surface area contributed by atoms with Crippen molar-refractivity contribution >= 4 is 99.7 Å². The zero-order valence-electron chi connectivity index (χ0n) is 65.0. The van der Waals surface area contributed by atoms with Crippen LogP contribution in [-0.2, 0) is 87.0 Å². The van der Waals surface area contributed by atoms with Crippen LogP contribution in [-0.4, -0.2) is 188 Å². The van der Waals surface area contributed by atoms with Crippen molar-refractivity contribution in [2.75, 3.05) is 29.8 Å². The van der Waals surface area contributed by atoms with E-state index in [1.165, 1.54) is 27.7 Å². The standard InChI is InChI=1S/C76H116N12O16S2/c1-45(101-73(8,9)10)61(69(97)85-59(42-106-44-80-48(4)90)68(96)87-62(70(98)99)46(2)102-74(11,12)13)86-64(92)55(30-25-26-36-78-71(100)104-76(17,18)19)81-66(94)57(39-51-40-88(72(5,6)7)60-31-24-23-29-53(51)60)83-65(93)56(38-50-32-34-52(35-33-50)103-75(14,15)16)82-67(95)58(41-105-43-79-47(3)89)84-63(91)54(77)37-49-27-21-20-22-28-49/h20-24,27-29,31-35,40,45-46,54-59,61-62H,25-26,30,36-39,41-44,77H2,1-19H3,(H,78,100)(H,79,89)(H,80,90)(H,81,94)(H,82,95)(H,83,93)(H,84,91)(H,85,97)(H,86,92)(H,87,96)(H,98,99)/t45-,46-,54-,55+,56+,57-,58+,59+,61+,62+/m1/s1. The van der Waals surface area contributed by atoms with Crippen LogP contribution in [0.1, 0.15) is 168 Å². The van der Waals surface area contributed by atoms with E-state index in [0.29, 0.717) is 16.9 Å². The maximum Gasteiger partial charge on any atom is 0.407 e. The van der Waals surface area contributed by atoms with Crippen molar-refractivity contribution in [1.82, 2.24) is 57.7 Å². The molecule has 4 aromatic rings. The number of aliphatic carboxylic acids is 1. The van der Waals surface area contributed by atoms with Crippen molar-refractivity contribution in [1.29, 1.82) is 0 Å². The largest absolute Gasteiger partial charge is 0.488 e. The molecule has 28 nitrogen and oxygen atoms in total. The fraction of sp³-hybridized carbons (Fsp3) is 0.592. The zero-order valence-corrected chi connectivity index (χ0v) is 66.7. The van der Waals surface area contributed by atoms with Crippen LogP contribution in [0.15, 0.2) is 85.1 Å². The Morgan fingerprint density at radius 3 is 1.44 bits per heavy atom. The zero-order chi connectivity index (χ0) is 79.7. The third kappa shape index (κ3) is 33.1. The molecule has 106 heavy (non-hydrogen) atoms. The lowest BCUT2D eigenvalue weighted by atomic mass is 10.0. The molecule has 588 valence electrons. The summed E-state index contributed by atoms with van der Waals surface area (Å²) in [5.41, 5.74) is 5.50. The number of nitrogens with zero attached hydrogens (tertiary/aromatic N) is 1. The highest BCUT2D eigenvalue weighted by Gasteiger charge is 2.40. The van der Waals surface area contributed by atoms with Gasteiger partial charge < -0.3 is 87.5 Å². The first-order valence-electron chi connectivity index (χ1n) is 35.7. The van der Waals surface area contributed by atoms with Crippen LogP contribution in [0, 0.1) is 0 Å². The van der Waals surface area contributed by atoms with Gasteiger partial charge in [-0.2, -0.15) is 0 Å². The fourth-order valence-corrected chi connectivity index (χ4v) is 12.8. The molecule has 0 saturated heterocycles. The Morgan fingerprint density at radius 1 is 0.481 bits per heavy atom. The van der Waals surface area contributed by atoms with Crippen LogP contribution in [0.3, 0.4) is 0 Å². The lowest BCUT2D eigenvalue weighted by molar-refractivity contribution is -0.150. The molecule has 0 saturated carbocycles. The number of unbranched alkanes of at least 4 members (excludes halogenated alkanes) is 1. The number of carboxylic acid groups (broad SMARTS) is 1. The molecule has 0 aliphatic rings. The average Bonchev–Trinajstić information content (AvgIpc) is 1.62. The Hall–Kier alpha value is -8.45. The number of alkyl carbamates (subject to hydrolysis) is 1. The Kier molecular flexibility index (Phi) is 34.8. The molecule has 0 bridgehead atoms. The van der Waals surface area contributed by atoms with Gasteiger partial charge >= 0.3 is 12.1 Å². The summed E-state index contributed by atoms with van der Waals surface area (Å²) in [4.78, 5) is 155. The molecule has 3 aromatic carbocycles. The van der Waals surface area contributed by atoms with Crippen LogP contribution in [0.4, 0.5) is 4.79 Å². The molecule has 30 heteroatoms. The summed E-state index contributed by atoms with van der Waals surface area (Å²) >= 11 is 2.16. The van der Waals surface area contributed by atoms with E-state index in [4.69, 9.17) is 24.7 Å². The maximum absolute atomic E-state index is 15.8. The number of thioether (sulfide) groups is 2. The minimum Gasteiger partial charge on any atom is -0.488 e. The molecule has 0 spiro atoms. The number of hydrogen-bond acceptors (Lipinski definition) is 18. The molecule has 0 unspecified atom stereocenters. The Bertz CT molecular complexity index is 3600. The van der Waals surface area contributed by atoms with Crippen molar-refractivity contribution in [3.05, 3.63) is 102 Å². The molecule has 0 radical (unpaired) electrons. The number of nitrogens with two attached hydrogens (primary N) is 1. The van der Waals surface area contributed by atoms with E-state index in [0.717, 1.165) is 40.0 Å². The number of benzene rings is 3. The van der Waals surface area contributed by atoms with E-state index in [2.05, 4.69) is 53.2 Å². The second-order valence-electron chi connectivity index (χ2n) is 31.2. The first-order chi connectivity index (χ1) is 49.2. The topological polar surface area (TPSA) is 396 Å². The molecule has 0 fully saturated rings. The van der Waals surface area contributed by atoms with Crippen molar-refractivity contribution in [3.63, 3.8) is 0 Å². The second-order valence-corrected chi connectivity index (χ2v) is 33.2. The van der Waals surface area contributed by atoms with Gasteiger partial charge in [0.15, 0.2) is 6.04 Å². The van der Waals surface area contributed by atoms with Gasteiger partial charge in [0.2, 0.25) is 53.2 Å². The monoisotopic (exact) mass is 1520 g/mol. The molecule has 13 N–H and O–H groups in total. The molecule has 0 aliphatic carbocycles. The highest BCUT2D eigenvalue weighted by Crippen LogP contribution is 2.29.